The van der Waals surface area contributed by atoms with Gasteiger partial charge in [0.15, 0.2) is 5.78 Å². The molecular formula is C14H18N2O2. The number of Topliss-reactive ketones (excluding diaryl/α,β-unsaturated/α-hetero) is 1. The minimum absolute atomic E-state index is 0.000241. The van der Waals surface area contributed by atoms with Gasteiger partial charge in [-0.1, -0.05) is 12.1 Å². The van der Waals surface area contributed by atoms with Crippen LogP contribution in [0.5, 0.6) is 5.75 Å². The molecule has 0 aliphatic carbocycles. The molecule has 0 aliphatic rings. The predicted octanol–water partition coefficient (Wildman–Crippen LogP) is 2.11. The number of methoxy groups -OCH3 is 1. The Bertz CT molecular complexity index is 451. The number of para-hydroxylation sites is 1. The summed E-state index contributed by atoms with van der Waals surface area (Å²) in [4.78, 5) is 14.0. The summed E-state index contributed by atoms with van der Waals surface area (Å²) in [6.45, 7) is 2.21. The summed E-state index contributed by atoms with van der Waals surface area (Å²) < 4.78 is 5.16. The molecular weight excluding hydrogens is 228 g/mol. The van der Waals surface area contributed by atoms with E-state index >= 15 is 0 Å². The van der Waals surface area contributed by atoms with Gasteiger partial charge in [-0.2, -0.15) is 5.26 Å². The summed E-state index contributed by atoms with van der Waals surface area (Å²) >= 11 is 0. The van der Waals surface area contributed by atoms with Gasteiger partial charge in [-0.05, 0) is 26.1 Å². The molecule has 96 valence electrons. The van der Waals surface area contributed by atoms with Crippen molar-refractivity contribution < 1.29 is 9.53 Å². The first-order chi connectivity index (χ1) is 8.60. The predicted molar refractivity (Wildman–Crippen MR) is 69.6 cm³/mol. The number of ether oxygens (including phenoxy) is 1. The number of likely N-dealkylation sites (N-methyl/N-ethyl adjacent to an activating group) is 1. The van der Waals surface area contributed by atoms with Crippen molar-refractivity contribution >= 4 is 5.78 Å². The number of hydrogen-bond acceptors (Lipinski definition) is 4. The second-order valence-corrected chi connectivity index (χ2v) is 4.25. The zero-order chi connectivity index (χ0) is 13.5. The van der Waals surface area contributed by atoms with Crippen LogP contribution in [0.1, 0.15) is 23.7 Å². The molecule has 0 N–H and O–H groups in total. The van der Waals surface area contributed by atoms with Gasteiger partial charge in [-0.25, -0.2) is 0 Å². The van der Waals surface area contributed by atoms with E-state index in [1.165, 1.54) is 0 Å². The molecule has 0 heterocycles. The van der Waals surface area contributed by atoms with E-state index in [0.717, 1.165) is 0 Å². The maximum absolute atomic E-state index is 12.1. The third-order valence-corrected chi connectivity index (χ3v) is 2.94. The molecule has 18 heavy (non-hydrogen) atoms. The molecule has 0 radical (unpaired) electrons. The van der Waals surface area contributed by atoms with Gasteiger partial charge in [0.05, 0.1) is 31.7 Å². The van der Waals surface area contributed by atoms with Crippen LogP contribution in [0.25, 0.3) is 0 Å². The van der Waals surface area contributed by atoms with Crippen molar-refractivity contribution in [3.05, 3.63) is 29.8 Å². The molecule has 0 amide bonds. The fourth-order valence-corrected chi connectivity index (χ4v) is 1.63. The van der Waals surface area contributed by atoms with Crippen molar-refractivity contribution in [3.8, 4) is 11.8 Å². The maximum Gasteiger partial charge on any atom is 0.180 e. The molecule has 1 aromatic rings. The van der Waals surface area contributed by atoms with Crippen molar-refractivity contribution in [3.63, 3.8) is 0 Å². The van der Waals surface area contributed by atoms with Crippen molar-refractivity contribution in [2.45, 2.75) is 19.4 Å². The molecule has 0 spiro atoms. The van der Waals surface area contributed by atoms with Gasteiger partial charge in [-0.3, -0.25) is 9.69 Å². The van der Waals surface area contributed by atoms with Crippen molar-refractivity contribution in [1.82, 2.24) is 4.90 Å². The lowest BCUT2D eigenvalue weighted by atomic mass is 10.1. The zero-order valence-electron chi connectivity index (χ0n) is 11.0. The fourth-order valence-electron chi connectivity index (χ4n) is 1.63. The topological polar surface area (TPSA) is 53.3 Å². The lowest BCUT2D eigenvalue weighted by Crippen LogP contribution is -2.33. The highest BCUT2D eigenvalue weighted by Gasteiger charge is 2.16. The highest BCUT2D eigenvalue weighted by Crippen LogP contribution is 2.18. The van der Waals surface area contributed by atoms with Crippen molar-refractivity contribution in [2.75, 3.05) is 20.7 Å². The monoisotopic (exact) mass is 246 g/mol. The van der Waals surface area contributed by atoms with Crippen LogP contribution in [0.2, 0.25) is 0 Å². The number of ketones is 1. The molecule has 0 saturated heterocycles. The average molecular weight is 246 g/mol. The maximum atomic E-state index is 12.1. The second-order valence-electron chi connectivity index (χ2n) is 4.25. The van der Waals surface area contributed by atoms with E-state index in [1.807, 2.05) is 31.0 Å². The van der Waals surface area contributed by atoms with E-state index in [4.69, 9.17) is 10.00 Å². The van der Waals surface area contributed by atoms with E-state index < -0.39 is 0 Å². The summed E-state index contributed by atoms with van der Waals surface area (Å²) in [5.41, 5.74) is 0.580. The lowest BCUT2D eigenvalue weighted by Gasteiger charge is -2.21. The summed E-state index contributed by atoms with van der Waals surface area (Å²) in [6.07, 6.45) is 0.412. The minimum Gasteiger partial charge on any atom is -0.496 e. The van der Waals surface area contributed by atoms with Crippen LogP contribution >= 0.6 is 0 Å². The SMILES string of the molecule is COc1ccccc1C(=O)CN(C)C(C)CC#N. The zero-order valence-corrected chi connectivity index (χ0v) is 11.0. The van der Waals surface area contributed by atoms with E-state index in [0.29, 0.717) is 17.7 Å². The van der Waals surface area contributed by atoms with Gasteiger partial charge >= 0.3 is 0 Å². The van der Waals surface area contributed by atoms with E-state index in [-0.39, 0.29) is 18.4 Å². The molecule has 0 saturated carbocycles. The standard InChI is InChI=1S/C14H18N2O2/c1-11(8-9-15)16(2)10-13(17)12-6-4-5-7-14(12)18-3/h4-7,11H,8,10H2,1-3H3. The Morgan fingerprint density at radius 3 is 2.78 bits per heavy atom. The molecule has 1 unspecified atom stereocenters. The van der Waals surface area contributed by atoms with Gasteiger partial charge in [0, 0.05) is 6.04 Å². The van der Waals surface area contributed by atoms with Gasteiger partial charge < -0.3 is 4.74 Å². The summed E-state index contributed by atoms with van der Waals surface area (Å²) in [5.74, 6) is 0.587. The van der Waals surface area contributed by atoms with E-state index in [1.54, 1.807) is 19.2 Å². The van der Waals surface area contributed by atoms with Crippen LogP contribution in [-0.2, 0) is 0 Å². The number of carbonyl (C=O) groups excluding carboxylic acids is 1. The molecule has 4 nitrogen and oxygen atoms in total. The Hall–Kier alpha value is -1.86. The molecule has 0 aromatic heterocycles. The number of nitriles is 1. The molecule has 1 aromatic carbocycles. The third-order valence-electron chi connectivity index (χ3n) is 2.94. The molecule has 1 atom stereocenters. The highest BCUT2D eigenvalue weighted by atomic mass is 16.5. The summed E-state index contributed by atoms with van der Waals surface area (Å²) in [5, 5.41) is 8.64. The molecule has 0 fully saturated rings. The number of nitrogens with zero attached hydrogens (tertiary/aromatic N) is 2. The number of hydrogen-bond donors (Lipinski definition) is 0. The van der Waals surface area contributed by atoms with Crippen molar-refractivity contribution in [2.24, 2.45) is 0 Å². The smallest absolute Gasteiger partial charge is 0.180 e. The van der Waals surface area contributed by atoms with E-state index in [9.17, 15) is 4.79 Å². The number of carbonyl (C=O) groups is 1. The summed E-state index contributed by atoms with van der Waals surface area (Å²) in [6, 6.07) is 9.34. The molecule has 0 bridgehead atoms. The first-order valence-electron chi connectivity index (χ1n) is 5.83. The van der Waals surface area contributed by atoms with Crippen LogP contribution < -0.4 is 4.74 Å². The van der Waals surface area contributed by atoms with Crippen LogP contribution in [0.4, 0.5) is 0 Å². The summed E-state index contributed by atoms with van der Waals surface area (Å²) in [7, 11) is 3.39. The van der Waals surface area contributed by atoms with Gasteiger partial charge in [0.25, 0.3) is 0 Å². The van der Waals surface area contributed by atoms with Crippen LogP contribution in [0.3, 0.4) is 0 Å². The molecule has 0 aliphatic heterocycles. The van der Waals surface area contributed by atoms with Crippen LogP contribution in [0, 0.1) is 11.3 Å². The van der Waals surface area contributed by atoms with Gasteiger partial charge in [0.2, 0.25) is 0 Å². The number of benzene rings is 1. The molecule has 4 heteroatoms. The second kappa shape index (κ2) is 6.77. The first-order valence-corrected chi connectivity index (χ1v) is 5.83. The normalized spacial score (nSPS) is 11.9. The Morgan fingerprint density at radius 1 is 1.50 bits per heavy atom. The van der Waals surface area contributed by atoms with Crippen molar-refractivity contribution in [1.29, 1.82) is 5.26 Å². The fraction of sp³-hybridized carbons (Fsp3) is 0.429. The third kappa shape index (κ3) is 3.57. The largest absolute Gasteiger partial charge is 0.496 e. The van der Waals surface area contributed by atoms with Gasteiger partial charge in [-0.15, -0.1) is 0 Å². The Labute approximate surface area is 108 Å². The first kappa shape index (κ1) is 14.2. The Morgan fingerprint density at radius 2 is 2.17 bits per heavy atom. The number of rotatable bonds is 6. The lowest BCUT2D eigenvalue weighted by molar-refractivity contribution is 0.0923. The highest BCUT2D eigenvalue weighted by molar-refractivity contribution is 6.00. The van der Waals surface area contributed by atoms with Crippen LogP contribution in [-0.4, -0.2) is 37.4 Å². The van der Waals surface area contributed by atoms with Crippen LogP contribution in [0.15, 0.2) is 24.3 Å². The Balaban J connectivity index is 2.74. The quantitative estimate of drug-likeness (QED) is 0.721. The van der Waals surface area contributed by atoms with Gasteiger partial charge in [0.1, 0.15) is 5.75 Å². The average Bonchev–Trinajstić information content (AvgIpc) is 2.38. The van der Waals surface area contributed by atoms with E-state index in [2.05, 4.69) is 6.07 Å². The minimum atomic E-state index is -0.000241. The Kier molecular flexibility index (Phi) is 5.34. The molecule has 1 rings (SSSR count).